The number of rotatable bonds is 4. The highest BCUT2D eigenvalue weighted by molar-refractivity contribution is 5.91. The second-order valence-corrected chi connectivity index (χ2v) is 6.32. The lowest BCUT2D eigenvalue weighted by Gasteiger charge is -2.36. The molecular weight excluding hydrogens is 318 g/mol. The third-order valence-electron chi connectivity index (χ3n) is 4.72. The molecule has 1 fully saturated rings. The predicted octanol–water partition coefficient (Wildman–Crippen LogP) is 1.90. The molecule has 132 valence electrons. The van der Waals surface area contributed by atoms with E-state index in [1.165, 1.54) is 6.26 Å². The highest BCUT2D eigenvalue weighted by atomic mass is 16.3. The molecule has 2 aromatic rings. The number of hydrogen-bond donors (Lipinski definition) is 1. The first-order chi connectivity index (χ1) is 12.1. The Morgan fingerprint density at radius 3 is 2.24 bits per heavy atom. The largest absolute Gasteiger partial charge is 0.459 e. The number of piperazine rings is 1. The first-order valence-corrected chi connectivity index (χ1v) is 8.50. The Morgan fingerprint density at radius 1 is 1.00 bits per heavy atom. The fourth-order valence-electron chi connectivity index (χ4n) is 3.09. The van der Waals surface area contributed by atoms with E-state index in [1.807, 2.05) is 37.3 Å². The molecule has 2 heterocycles. The molecule has 1 aromatic heterocycles. The maximum Gasteiger partial charge on any atom is 0.289 e. The van der Waals surface area contributed by atoms with Gasteiger partial charge in [0.2, 0.25) is 5.91 Å². The quantitative estimate of drug-likeness (QED) is 0.921. The summed E-state index contributed by atoms with van der Waals surface area (Å²) in [5.74, 6) is -0.0819. The Bertz CT molecular complexity index is 707. The van der Waals surface area contributed by atoms with Crippen LogP contribution in [0.1, 0.15) is 29.1 Å². The van der Waals surface area contributed by atoms with Crippen molar-refractivity contribution in [3.8, 4) is 0 Å². The van der Waals surface area contributed by atoms with Gasteiger partial charge in [-0.1, -0.05) is 37.3 Å². The molecule has 25 heavy (non-hydrogen) atoms. The molecule has 2 N–H and O–H groups in total. The van der Waals surface area contributed by atoms with Gasteiger partial charge in [-0.3, -0.25) is 9.59 Å². The highest BCUT2D eigenvalue weighted by Gasteiger charge is 2.30. The molecule has 6 nitrogen and oxygen atoms in total. The average molecular weight is 341 g/mol. The maximum absolute atomic E-state index is 12.7. The predicted molar refractivity (Wildman–Crippen MR) is 93.7 cm³/mol. The Labute approximate surface area is 147 Å². The zero-order valence-electron chi connectivity index (χ0n) is 14.3. The summed E-state index contributed by atoms with van der Waals surface area (Å²) in [5.41, 5.74) is 7.22. The van der Waals surface area contributed by atoms with Crippen molar-refractivity contribution in [1.82, 2.24) is 9.80 Å². The Kier molecular flexibility index (Phi) is 5.19. The minimum atomic E-state index is -0.337. The Hall–Kier alpha value is -2.60. The molecule has 0 aliphatic carbocycles. The van der Waals surface area contributed by atoms with Gasteiger partial charge in [-0.15, -0.1) is 0 Å². The Morgan fingerprint density at radius 2 is 1.64 bits per heavy atom. The fraction of sp³-hybridized carbons (Fsp3) is 0.368. The van der Waals surface area contributed by atoms with Gasteiger partial charge >= 0.3 is 0 Å². The van der Waals surface area contributed by atoms with Gasteiger partial charge < -0.3 is 20.0 Å². The molecule has 0 saturated carbocycles. The summed E-state index contributed by atoms with van der Waals surface area (Å²) < 4.78 is 5.15. The molecule has 1 aromatic carbocycles. The number of carbonyl (C=O) groups excluding carboxylic acids is 2. The van der Waals surface area contributed by atoms with E-state index < -0.39 is 0 Å². The van der Waals surface area contributed by atoms with Gasteiger partial charge in [0.25, 0.3) is 5.91 Å². The van der Waals surface area contributed by atoms with Crippen LogP contribution < -0.4 is 5.73 Å². The van der Waals surface area contributed by atoms with Crippen molar-refractivity contribution in [2.75, 3.05) is 26.2 Å². The van der Waals surface area contributed by atoms with E-state index in [-0.39, 0.29) is 23.8 Å². The Balaban J connectivity index is 1.57. The molecule has 2 amide bonds. The van der Waals surface area contributed by atoms with E-state index in [4.69, 9.17) is 10.2 Å². The third kappa shape index (κ3) is 3.74. The van der Waals surface area contributed by atoms with Gasteiger partial charge in [-0.2, -0.15) is 0 Å². The summed E-state index contributed by atoms with van der Waals surface area (Å²) in [5, 5.41) is 0. The molecule has 1 saturated heterocycles. The van der Waals surface area contributed by atoms with E-state index in [9.17, 15) is 9.59 Å². The van der Waals surface area contributed by atoms with E-state index in [1.54, 1.807) is 21.9 Å². The summed E-state index contributed by atoms with van der Waals surface area (Å²) in [6.07, 6.45) is 1.49. The lowest BCUT2D eigenvalue weighted by Crippen LogP contribution is -2.52. The van der Waals surface area contributed by atoms with Crippen LogP contribution in [0.15, 0.2) is 53.1 Å². The lowest BCUT2D eigenvalue weighted by molar-refractivity contribution is -0.137. The van der Waals surface area contributed by atoms with E-state index in [2.05, 4.69) is 0 Å². The highest BCUT2D eigenvalue weighted by Crippen LogP contribution is 2.22. The summed E-state index contributed by atoms with van der Waals surface area (Å²) in [7, 11) is 0. The smallest absolute Gasteiger partial charge is 0.289 e. The topological polar surface area (TPSA) is 79.8 Å². The SMILES string of the molecule is CC(C(=O)N1CCN(C(=O)c2ccco2)CC1)C(N)c1ccccc1. The minimum Gasteiger partial charge on any atom is -0.459 e. The van der Waals surface area contributed by atoms with Crippen LogP contribution in [0.4, 0.5) is 0 Å². The molecule has 1 aliphatic heterocycles. The van der Waals surface area contributed by atoms with Crippen LogP contribution in [0.2, 0.25) is 0 Å². The van der Waals surface area contributed by atoms with Gasteiger partial charge in [-0.05, 0) is 17.7 Å². The van der Waals surface area contributed by atoms with Gasteiger partial charge in [0.1, 0.15) is 0 Å². The molecule has 0 radical (unpaired) electrons. The van der Waals surface area contributed by atoms with Crippen LogP contribution >= 0.6 is 0 Å². The molecule has 6 heteroatoms. The van der Waals surface area contributed by atoms with Gasteiger partial charge in [0.15, 0.2) is 5.76 Å². The molecule has 0 bridgehead atoms. The van der Waals surface area contributed by atoms with Crippen molar-refractivity contribution in [1.29, 1.82) is 0 Å². The van der Waals surface area contributed by atoms with Crippen LogP contribution in [0.25, 0.3) is 0 Å². The van der Waals surface area contributed by atoms with Crippen molar-refractivity contribution in [2.45, 2.75) is 13.0 Å². The van der Waals surface area contributed by atoms with E-state index >= 15 is 0 Å². The zero-order valence-corrected chi connectivity index (χ0v) is 14.3. The van der Waals surface area contributed by atoms with Crippen molar-refractivity contribution < 1.29 is 14.0 Å². The average Bonchev–Trinajstić information content (AvgIpc) is 3.21. The fourth-order valence-corrected chi connectivity index (χ4v) is 3.09. The van der Waals surface area contributed by atoms with Crippen molar-refractivity contribution in [3.63, 3.8) is 0 Å². The molecule has 2 atom stereocenters. The third-order valence-corrected chi connectivity index (χ3v) is 4.72. The summed E-state index contributed by atoms with van der Waals surface area (Å²) in [6.45, 7) is 3.88. The normalized spacial score (nSPS) is 17.2. The second kappa shape index (κ2) is 7.53. The van der Waals surface area contributed by atoms with Crippen LogP contribution in [0.5, 0.6) is 0 Å². The number of nitrogens with zero attached hydrogens (tertiary/aromatic N) is 2. The standard InChI is InChI=1S/C19H23N3O3/c1-14(17(20)15-6-3-2-4-7-15)18(23)21-9-11-22(12-10-21)19(24)16-8-5-13-25-16/h2-8,13-14,17H,9-12,20H2,1H3. The van der Waals surface area contributed by atoms with Crippen LogP contribution in [0.3, 0.4) is 0 Å². The number of nitrogens with two attached hydrogens (primary N) is 1. The minimum absolute atomic E-state index is 0.0291. The second-order valence-electron chi connectivity index (χ2n) is 6.32. The number of carbonyl (C=O) groups is 2. The van der Waals surface area contributed by atoms with Crippen molar-refractivity contribution >= 4 is 11.8 Å². The first kappa shape index (κ1) is 17.2. The zero-order chi connectivity index (χ0) is 17.8. The number of furan rings is 1. The maximum atomic E-state index is 12.7. The van der Waals surface area contributed by atoms with Crippen LogP contribution in [-0.4, -0.2) is 47.8 Å². The monoisotopic (exact) mass is 341 g/mol. The van der Waals surface area contributed by atoms with Gasteiger partial charge in [0, 0.05) is 32.2 Å². The lowest BCUT2D eigenvalue weighted by atomic mass is 9.94. The number of hydrogen-bond acceptors (Lipinski definition) is 4. The number of benzene rings is 1. The van der Waals surface area contributed by atoms with Gasteiger partial charge in [0.05, 0.1) is 12.2 Å². The molecule has 2 unspecified atom stereocenters. The molecule has 0 spiro atoms. The molecule has 3 rings (SSSR count). The van der Waals surface area contributed by atoms with Crippen LogP contribution in [0, 0.1) is 5.92 Å². The van der Waals surface area contributed by atoms with E-state index in [0.29, 0.717) is 31.9 Å². The number of amides is 2. The van der Waals surface area contributed by atoms with E-state index in [0.717, 1.165) is 5.56 Å². The summed E-state index contributed by atoms with van der Waals surface area (Å²) >= 11 is 0. The molecular formula is C19H23N3O3. The molecule has 1 aliphatic rings. The van der Waals surface area contributed by atoms with Crippen molar-refractivity contribution in [2.24, 2.45) is 11.7 Å². The van der Waals surface area contributed by atoms with Crippen molar-refractivity contribution in [3.05, 3.63) is 60.1 Å². The summed E-state index contributed by atoms with van der Waals surface area (Å²) in [4.78, 5) is 28.5. The van der Waals surface area contributed by atoms with Crippen LogP contribution in [-0.2, 0) is 4.79 Å². The summed E-state index contributed by atoms with van der Waals surface area (Å²) in [6, 6.07) is 12.7. The first-order valence-electron chi connectivity index (χ1n) is 8.50. The van der Waals surface area contributed by atoms with Gasteiger partial charge in [-0.25, -0.2) is 0 Å².